The maximum Gasteiger partial charge on any atom is 0.258 e. The number of carbonyl (C=O) groups is 1. The Hall–Kier alpha value is -2.28. The van der Waals surface area contributed by atoms with E-state index in [-0.39, 0.29) is 24.3 Å². The molecular formula is C18H17BrFNO4. The van der Waals surface area contributed by atoms with E-state index in [2.05, 4.69) is 21.2 Å². The van der Waals surface area contributed by atoms with Crippen LogP contribution in [0, 0.1) is 5.82 Å². The molecule has 1 unspecified atom stereocenters. The van der Waals surface area contributed by atoms with Gasteiger partial charge in [0.05, 0.1) is 6.04 Å². The molecule has 1 atom stereocenters. The topological polar surface area (TPSA) is 56.8 Å². The largest absolute Gasteiger partial charge is 0.486 e. The number of halogens is 2. The maximum atomic E-state index is 13.7. The lowest BCUT2D eigenvalue weighted by Gasteiger charge is -2.21. The minimum atomic E-state index is -0.526. The summed E-state index contributed by atoms with van der Waals surface area (Å²) in [5, 5.41) is 2.81. The maximum absolute atomic E-state index is 13.7. The van der Waals surface area contributed by atoms with E-state index in [0.717, 1.165) is 5.56 Å². The molecular weight excluding hydrogens is 393 g/mol. The Kier molecular flexibility index (Phi) is 5.43. The third kappa shape index (κ3) is 4.42. The van der Waals surface area contributed by atoms with Crippen molar-refractivity contribution in [3.05, 3.63) is 52.3 Å². The SMILES string of the molecule is CC(NC(=O)COc1ccc(Br)cc1F)c1ccc2c(c1)OCCO2. The number of fused-ring (bicyclic) bond motifs is 1. The van der Waals surface area contributed by atoms with E-state index in [1.807, 2.05) is 25.1 Å². The van der Waals surface area contributed by atoms with Crippen molar-refractivity contribution in [2.45, 2.75) is 13.0 Å². The summed E-state index contributed by atoms with van der Waals surface area (Å²) >= 11 is 3.17. The van der Waals surface area contributed by atoms with Gasteiger partial charge in [-0.1, -0.05) is 22.0 Å². The first-order valence-electron chi connectivity index (χ1n) is 7.79. The Morgan fingerprint density at radius 3 is 2.76 bits per heavy atom. The van der Waals surface area contributed by atoms with Crippen LogP contribution in [0.3, 0.4) is 0 Å². The highest BCUT2D eigenvalue weighted by Gasteiger charge is 2.16. The summed E-state index contributed by atoms with van der Waals surface area (Å²) in [6.45, 7) is 2.61. The molecule has 1 heterocycles. The predicted molar refractivity (Wildman–Crippen MR) is 93.6 cm³/mol. The third-order valence-corrected chi connectivity index (χ3v) is 4.19. The van der Waals surface area contributed by atoms with E-state index in [4.69, 9.17) is 14.2 Å². The molecule has 3 rings (SSSR count). The van der Waals surface area contributed by atoms with Crippen molar-refractivity contribution in [3.8, 4) is 17.2 Å². The molecule has 0 radical (unpaired) electrons. The van der Waals surface area contributed by atoms with Crippen molar-refractivity contribution < 1.29 is 23.4 Å². The Bertz CT molecular complexity index is 784. The van der Waals surface area contributed by atoms with E-state index >= 15 is 0 Å². The number of hydrogen-bond donors (Lipinski definition) is 1. The van der Waals surface area contributed by atoms with Crippen molar-refractivity contribution in [1.82, 2.24) is 5.32 Å². The zero-order valence-electron chi connectivity index (χ0n) is 13.6. The Balaban J connectivity index is 1.57. The van der Waals surface area contributed by atoms with Crippen LogP contribution >= 0.6 is 15.9 Å². The van der Waals surface area contributed by atoms with E-state index in [1.54, 1.807) is 6.07 Å². The normalized spacial score (nSPS) is 13.9. The number of amides is 1. The molecule has 5 nitrogen and oxygen atoms in total. The van der Waals surface area contributed by atoms with Gasteiger partial charge in [-0.3, -0.25) is 4.79 Å². The number of rotatable bonds is 5. The first-order chi connectivity index (χ1) is 12.0. The van der Waals surface area contributed by atoms with Crippen LogP contribution in [0.1, 0.15) is 18.5 Å². The minimum Gasteiger partial charge on any atom is -0.486 e. The molecule has 1 N–H and O–H groups in total. The van der Waals surface area contributed by atoms with Crippen molar-refractivity contribution >= 4 is 21.8 Å². The molecule has 0 aromatic heterocycles. The summed E-state index contributed by atoms with van der Waals surface area (Å²) in [5.74, 6) is 0.526. The number of hydrogen-bond acceptors (Lipinski definition) is 4. The van der Waals surface area contributed by atoms with Gasteiger partial charge in [0, 0.05) is 4.47 Å². The standard InChI is InChI=1S/C18H17BrFNO4/c1-11(12-2-4-16-17(8-12)24-7-6-23-16)21-18(22)10-25-15-5-3-13(19)9-14(15)20/h2-5,8-9,11H,6-7,10H2,1H3,(H,21,22). The minimum absolute atomic E-state index is 0.0327. The average Bonchev–Trinajstić information content (AvgIpc) is 2.60. The molecule has 0 fully saturated rings. The van der Waals surface area contributed by atoms with Gasteiger partial charge in [0.15, 0.2) is 29.7 Å². The summed E-state index contributed by atoms with van der Waals surface area (Å²) in [7, 11) is 0. The van der Waals surface area contributed by atoms with Crippen molar-refractivity contribution in [2.24, 2.45) is 0 Å². The lowest BCUT2D eigenvalue weighted by molar-refractivity contribution is -0.123. The summed E-state index contributed by atoms with van der Waals surface area (Å²) in [6, 6.07) is 9.68. The number of benzene rings is 2. The summed E-state index contributed by atoms with van der Waals surface area (Å²) in [4.78, 5) is 12.0. The number of carbonyl (C=O) groups excluding carboxylic acids is 1. The average molecular weight is 410 g/mol. The zero-order chi connectivity index (χ0) is 17.8. The van der Waals surface area contributed by atoms with Crippen LogP contribution in [-0.4, -0.2) is 25.7 Å². The van der Waals surface area contributed by atoms with Crippen LogP contribution in [0.2, 0.25) is 0 Å². The Labute approximate surface area is 153 Å². The first kappa shape index (κ1) is 17.5. The molecule has 132 valence electrons. The Morgan fingerprint density at radius 2 is 2.00 bits per heavy atom. The molecule has 2 aromatic carbocycles. The van der Waals surface area contributed by atoms with Gasteiger partial charge in [-0.2, -0.15) is 0 Å². The molecule has 1 aliphatic heterocycles. The fraction of sp³-hybridized carbons (Fsp3) is 0.278. The molecule has 7 heteroatoms. The van der Waals surface area contributed by atoms with Crippen LogP contribution in [0.5, 0.6) is 17.2 Å². The number of nitrogens with one attached hydrogen (secondary N) is 1. The second-order valence-corrected chi connectivity index (χ2v) is 6.47. The van der Waals surface area contributed by atoms with Crippen molar-refractivity contribution in [3.63, 3.8) is 0 Å². The van der Waals surface area contributed by atoms with Gasteiger partial charge < -0.3 is 19.5 Å². The van der Waals surface area contributed by atoms with E-state index < -0.39 is 5.82 Å². The van der Waals surface area contributed by atoms with Crippen LogP contribution < -0.4 is 19.5 Å². The van der Waals surface area contributed by atoms with Crippen molar-refractivity contribution in [1.29, 1.82) is 0 Å². The second-order valence-electron chi connectivity index (χ2n) is 5.56. The van der Waals surface area contributed by atoms with Gasteiger partial charge in [0.1, 0.15) is 13.2 Å². The van der Waals surface area contributed by atoms with Crippen LogP contribution in [0.15, 0.2) is 40.9 Å². The van der Waals surface area contributed by atoms with Gasteiger partial charge in [-0.05, 0) is 42.8 Å². The second kappa shape index (κ2) is 7.74. The molecule has 1 aliphatic rings. The summed E-state index contributed by atoms with van der Waals surface area (Å²) < 4.78 is 30.5. The van der Waals surface area contributed by atoms with Crippen LogP contribution in [0.25, 0.3) is 0 Å². The van der Waals surface area contributed by atoms with Gasteiger partial charge in [-0.15, -0.1) is 0 Å². The zero-order valence-corrected chi connectivity index (χ0v) is 15.1. The highest BCUT2D eigenvalue weighted by Crippen LogP contribution is 2.32. The fourth-order valence-corrected chi connectivity index (χ4v) is 2.76. The van der Waals surface area contributed by atoms with E-state index in [9.17, 15) is 9.18 Å². The van der Waals surface area contributed by atoms with Crippen LogP contribution in [0.4, 0.5) is 4.39 Å². The Morgan fingerprint density at radius 1 is 1.24 bits per heavy atom. The molecule has 0 saturated carbocycles. The molecule has 0 saturated heterocycles. The number of ether oxygens (including phenoxy) is 3. The third-order valence-electron chi connectivity index (χ3n) is 3.70. The van der Waals surface area contributed by atoms with Crippen LogP contribution in [-0.2, 0) is 4.79 Å². The highest BCUT2D eigenvalue weighted by atomic mass is 79.9. The lowest BCUT2D eigenvalue weighted by atomic mass is 10.1. The van der Waals surface area contributed by atoms with Gasteiger partial charge in [-0.25, -0.2) is 4.39 Å². The molecule has 0 aliphatic carbocycles. The van der Waals surface area contributed by atoms with Gasteiger partial charge in [0.2, 0.25) is 0 Å². The molecule has 0 bridgehead atoms. The fourth-order valence-electron chi connectivity index (χ4n) is 2.43. The lowest BCUT2D eigenvalue weighted by Crippen LogP contribution is -2.31. The predicted octanol–water partition coefficient (Wildman–Crippen LogP) is 3.62. The molecule has 0 spiro atoms. The van der Waals surface area contributed by atoms with Crippen molar-refractivity contribution in [2.75, 3.05) is 19.8 Å². The molecule has 1 amide bonds. The van der Waals surface area contributed by atoms with E-state index in [1.165, 1.54) is 12.1 Å². The molecule has 25 heavy (non-hydrogen) atoms. The molecule has 2 aromatic rings. The van der Waals surface area contributed by atoms with Gasteiger partial charge in [0.25, 0.3) is 5.91 Å². The van der Waals surface area contributed by atoms with Gasteiger partial charge >= 0.3 is 0 Å². The van der Waals surface area contributed by atoms with E-state index in [0.29, 0.717) is 29.2 Å². The summed E-state index contributed by atoms with van der Waals surface area (Å²) in [6.07, 6.45) is 0. The first-order valence-corrected chi connectivity index (χ1v) is 8.59. The highest BCUT2D eigenvalue weighted by molar-refractivity contribution is 9.10. The monoisotopic (exact) mass is 409 g/mol. The summed E-state index contributed by atoms with van der Waals surface area (Å²) in [5.41, 5.74) is 0.882. The quantitative estimate of drug-likeness (QED) is 0.819. The smallest absolute Gasteiger partial charge is 0.258 e.